The maximum atomic E-state index is 12.9. The minimum atomic E-state index is -0.920. The Hall–Kier alpha value is -2.22. The summed E-state index contributed by atoms with van der Waals surface area (Å²) in [5.74, 6) is 0.708. The number of aromatic nitrogens is 2. The highest BCUT2D eigenvalue weighted by Crippen LogP contribution is 2.44. The van der Waals surface area contributed by atoms with Crippen molar-refractivity contribution < 1.29 is 14.6 Å². The molecule has 27 heavy (non-hydrogen) atoms. The summed E-state index contributed by atoms with van der Waals surface area (Å²) in [6.45, 7) is 5.49. The second kappa shape index (κ2) is 7.07. The van der Waals surface area contributed by atoms with Crippen LogP contribution >= 0.6 is 0 Å². The van der Waals surface area contributed by atoms with Crippen molar-refractivity contribution in [1.82, 2.24) is 20.4 Å². The molecule has 2 heterocycles. The van der Waals surface area contributed by atoms with E-state index in [2.05, 4.69) is 15.7 Å². The van der Waals surface area contributed by atoms with Crippen LogP contribution in [0.5, 0.6) is 0 Å². The summed E-state index contributed by atoms with van der Waals surface area (Å²) < 4.78 is 7.09. The summed E-state index contributed by atoms with van der Waals surface area (Å²) in [4.78, 5) is 12.9. The lowest BCUT2D eigenvalue weighted by Gasteiger charge is -2.17. The highest BCUT2D eigenvalue weighted by Gasteiger charge is 2.55. The Bertz CT molecular complexity index is 822. The molecule has 0 spiro atoms. The first-order valence-corrected chi connectivity index (χ1v) is 9.39. The van der Waals surface area contributed by atoms with Crippen LogP contribution in [-0.4, -0.2) is 47.1 Å². The highest BCUT2D eigenvalue weighted by molar-refractivity contribution is 5.93. The third-order valence-electron chi connectivity index (χ3n) is 5.72. The fourth-order valence-electron chi connectivity index (χ4n) is 3.82. The molecule has 4 rings (SSSR count). The Morgan fingerprint density at radius 2 is 1.96 bits per heavy atom. The Labute approximate surface area is 158 Å². The van der Waals surface area contributed by atoms with Gasteiger partial charge < -0.3 is 15.2 Å². The Balaban J connectivity index is 1.61. The van der Waals surface area contributed by atoms with Crippen molar-refractivity contribution in [3.8, 4) is 0 Å². The van der Waals surface area contributed by atoms with Gasteiger partial charge >= 0.3 is 0 Å². The largest absolute Gasteiger partial charge is 0.381 e. The standard InChI is InChI=1S/C20H26N4O3/c1-11-4-6-13(7-5-11)12(2)24-17(8-16(23-24)19(25)21-3)20(26)22-18-14-9-27-10-15(14)18/h4-8,12,14-15,18-19,21,25H,9-10H2,1-3H3,(H,22,26)/t12-,14-,15+,18?,19?/m0/s1. The summed E-state index contributed by atoms with van der Waals surface area (Å²) in [5.41, 5.74) is 3.12. The number of carbonyl (C=O) groups is 1. The van der Waals surface area contributed by atoms with Crippen LogP contribution < -0.4 is 10.6 Å². The number of fused-ring (bicyclic) bond motifs is 1. The summed E-state index contributed by atoms with van der Waals surface area (Å²) in [7, 11) is 1.65. The second-order valence-electron chi connectivity index (χ2n) is 7.54. The van der Waals surface area contributed by atoms with E-state index in [1.165, 1.54) is 5.56 Å². The maximum Gasteiger partial charge on any atom is 0.269 e. The van der Waals surface area contributed by atoms with Gasteiger partial charge in [-0.25, -0.2) is 0 Å². The van der Waals surface area contributed by atoms with Gasteiger partial charge in [0.1, 0.15) is 17.6 Å². The van der Waals surface area contributed by atoms with E-state index in [-0.39, 0.29) is 18.0 Å². The summed E-state index contributed by atoms with van der Waals surface area (Å²) >= 11 is 0. The predicted octanol–water partition coefficient (Wildman–Crippen LogP) is 1.39. The number of aliphatic hydroxyl groups excluding tert-OH is 1. The first kappa shape index (κ1) is 18.2. The van der Waals surface area contributed by atoms with E-state index in [0.717, 1.165) is 18.8 Å². The number of ether oxygens (including phenoxy) is 1. The molecule has 5 atom stereocenters. The molecular weight excluding hydrogens is 344 g/mol. The molecule has 1 aromatic heterocycles. The van der Waals surface area contributed by atoms with Crippen LogP contribution in [0.15, 0.2) is 30.3 Å². The monoisotopic (exact) mass is 370 g/mol. The number of aliphatic hydroxyl groups is 1. The third-order valence-corrected chi connectivity index (χ3v) is 5.72. The Morgan fingerprint density at radius 1 is 1.30 bits per heavy atom. The molecule has 1 saturated carbocycles. The van der Waals surface area contributed by atoms with Crippen LogP contribution in [0.2, 0.25) is 0 Å². The van der Waals surface area contributed by atoms with Gasteiger partial charge in [0, 0.05) is 17.9 Å². The molecule has 2 fully saturated rings. The number of aryl methyl sites for hydroxylation is 1. The van der Waals surface area contributed by atoms with Gasteiger partial charge in [0.25, 0.3) is 5.91 Å². The Kier molecular flexibility index (Phi) is 4.75. The fraction of sp³-hybridized carbons (Fsp3) is 0.500. The molecule has 3 N–H and O–H groups in total. The van der Waals surface area contributed by atoms with Gasteiger partial charge in [-0.3, -0.25) is 14.8 Å². The van der Waals surface area contributed by atoms with E-state index in [1.54, 1.807) is 17.8 Å². The second-order valence-corrected chi connectivity index (χ2v) is 7.54. The molecule has 1 saturated heterocycles. The maximum absolute atomic E-state index is 12.9. The van der Waals surface area contributed by atoms with Crippen LogP contribution in [0, 0.1) is 18.8 Å². The average Bonchev–Trinajstić information content (AvgIpc) is 3.08. The molecule has 1 amide bonds. The van der Waals surface area contributed by atoms with Crippen molar-refractivity contribution in [3.05, 3.63) is 52.8 Å². The van der Waals surface area contributed by atoms with Gasteiger partial charge in [-0.2, -0.15) is 5.10 Å². The zero-order valence-electron chi connectivity index (χ0n) is 15.8. The van der Waals surface area contributed by atoms with E-state index in [0.29, 0.717) is 23.2 Å². The van der Waals surface area contributed by atoms with Crippen molar-refractivity contribution in [2.75, 3.05) is 20.3 Å². The predicted molar refractivity (Wildman–Crippen MR) is 100 cm³/mol. The van der Waals surface area contributed by atoms with E-state index >= 15 is 0 Å². The number of amides is 1. The number of nitrogens with zero attached hydrogens (tertiary/aromatic N) is 2. The van der Waals surface area contributed by atoms with Crippen LogP contribution in [0.4, 0.5) is 0 Å². The normalized spacial score (nSPS) is 25.7. The van der Waals surface area contributed by atoms with E-state index in [9.17, 15) is 9.90 Å². The molecule has 2 aliphatic rings. The number of carbonyl (C=O) groups excluding carboxylic acids is 1. The van der Waals surface area contributed by atoms with Crippen LogP contribution in [0.1, 0.15) is 46.5 Å². The lowest BCUT2D eigenvalue weighted by atomic mass is 10.1. The molecule has 1 aliphatic carbocycles. The zero-order chi connectivity index (χ0) is 19.1. The summed E-state index contributed by atoms with van der Waals surface area (Å²) in [5, 5.41) is 20.5. The topological polar surface area (TPSA) is 88.4 Å². The molecule has 7 heteroatoms. The van der Waals surface area contributed by atoms with Crippen LogP contribution in [-0.2, 0) is 4.74 Å². The van der Waals surface area contributed by atoms with Crippen LogP contribution in [0.25, 0.3) is 0 Å². The van der Waals surface area contributed by atoms with E-state index in [4.69, 9.17) is 4.74 Å². The molecule has 1 aliphatic heterocycles. The van der Waals surface area contributed by atoms with Crippen molar-refractivity contribution in [2.24, 2.45) is 11.8 Å². The molecular formula is C20H26N4O3. The Morgan fingerprint density at radius 3 is 2.59 bits per heavy atom. The lowest BCUT2D eigenvalue weighted by molar-refractivity contribution is 0.0917. The number of hydrogen-bond acceptors (Lipinski definition) is 5. The molecule has 0 radical (unpaired) electrons. The number of benzene rings is 1. The van der Waals surface area contributed by atoms with Gasteiger partial charge in [-0.1, -0.05) is 29.8 Å². The number of rotatable bonds is 6. The van der Waals surface area contributed by atoms with Crippen molar-refractivity contribution in [3.63, 3.8) is 0 Å². The average molecular weight is 370 g/mol. The fourth-order valence-corrected chi connectivity index (χ4v) is 3.82. The van der Waals surface area contributed by atoms with E-state index in [1.807, 2.05) is 38.1 Å². The first-order chi connectivity index (χ1) is 13.0. The third kappa shape index (κ3) is 3.38. The zero-order valence-corrected chi connectivity index (χ0v) is 15.8. The molecule has 7 nitrogen and oxygen atoms in total. The quantitative estimate of drug-likeness (QED) is 0.669. The summed E-state index contributed by atoms with van der Waals surface area (Å²) in [6.07, 6.45) is -0.920. The minimum Gasteiger partial charge on any atom is -0.381 e. The molecule has 2 aromatic rings. The van der Waals surface area contributed by atoms with Gasteiger partial charge in [0.05, 0.1) is 19.3 Å². The van der Waals surface area contributed by atoms with Crippen LogP contribution in [0.3, 0.4) is 0 Å². The SMILES string of the molecule is CNC(O)c1cc(C(=O)NC2[C@H]3COC[C@@H]23)n([C@@H](C)c2ccc(C)cc2)n1. The van der Waals surface area contributed by atoms with E-state index < -0.39 is 6.23 Å². The number of nitrogens with one attached hydrogen (secondary N) is 2. The van der Waals surface area contributed by atoms with Gasteiger partial charge in [0.15, 0.2) is 0 Å². The van der Waals surface area contributed by atoms with Gasteiger partial charge in [-0.15, -0.1) is 0 Å². The van der Waals surface area contributed by atoms with Gasteiger partial charge in [-0.05, 0) is 32.5 Å². The van der Waals surface area contributed by atoms with Crippen molar-refractivity contribution in [1.29, 1.82) is 0 Å². The minimum absolute atomic E-state index is 0.133. The van der Waals surface area contributed by atoms with Gasteiger partial charge in [0.2, 0.25) is 0 Å². The summed E-state index contributed by atoms with van der Waals surface area (Å²) in [6, 6.07) is 9.89. The smallest absolute Gasteiger partial charge is 0.269 e. The first-order valence-electron chi connectivity index (χ1n) is 9.39. The molecule has 1 aromatic carbocycles. The lowest BCUT2D eigenvalue weighted by Crippen LogP contribution is -2.32. The van der Waals surface area contributed by atoms with Crippen molar-refractivity contribution in [2.45, 2.75) is 32.2 Å². The number of hydrogen-bond donors (Lipinski definition) is 3. The molecule has 144 valence electrons. The van der Waals surface area contributed by atoms with Crippen molar-refractivity contribution >= 4 is 5.91 Å². The highest BCUT2D eigenvalue weighted by atomic mass is 16.5. The molecule has 0 bridgehead atoms. The molecule has 2 unspecified atom stereocenters.